The van der Waals surface area contributed by atoms with E-state index in [0.29, 0.717) is 54.0 Å². The van der Waals surface area contributed by atoms with Gasteiger partial charge in [-0.1, -0.05) is 41.1 Å². The summed E-state index contributed by atoms with van der Waals surface area (Å²) in [6.07, 6.45) is 1.71. The minimum absolute atomic E-state index is 0.0936. The molecule has 3 aromatic carbocycles. The molecule has 216 valence electrons. The Labute approximate surface area is 255 Å². The van der Waals surface area contributed by atoms with Crippen LogP contribution in [0, 0.1) is 11.3 Å². The number of nitrogens with zero attached hydrogens (tertiary/aromatic N) is 3. The standard InChI is InChI=1S/C32H24ClN3O6S/c1-3-39-31(38)28-18(2)35-32-36(29(28)21-8-10-25-26(13-21)42-17-41-25)30(37)27(43-32)14-22-12-23(33)9-11-24(22)40-16-20-6-4-19(15-34)5-7-20/h4-14,29H,3,16-17H2,1-2H3/b27-14+/t29-/m0/s1. The number of allylic oxidation sites excluding steroid dienone is 1. The molecular weight excluding hydrogens is 590 g/mol. The summed E-state index contributed by atoms with van der Waals surface area (Å²) in [7, 11) is 0. The zero-order chi connectivity index (χ0) is 30.1. The topological polar surface area (TPSA) is 112 Å². The van der Waals surface area contributed by atoms with Crippen molar-refractivity contribution in [3.8, 4) is 23.3 Å². The fraction of sp³-hybridized carbons (Fsp3) is 0.188. The summed E-state index contributed by atoms with van der Waals surface area (Å²) in [5, 5.41) is 9.53. The van der Waals surface area contributed by atoms with E-state index in [9.17, 15) is 9.59 Å². The molecule has 0 saturated carbocycles. The Morgan fingerprint density at radius 1 is 1.16 bits per heavy atom. The predicted molar refractivity (Wildman–Crippen MR) is 160 cm³/mol. The van der Waals surface area contributed by atoms with Gasteiger partial charge in [0.1, 0.15) is 12.4 Å². The number of ether oxygens (including phenoxy) is 4. The molecule has 0 fully saturated rings. The normalized spacial score (nSPS) is 15.5. The van der Waals surface area contributed by atoms with Crippen LogP contribution in [-0.4, -0.2) is 23.9 Å². The van der Waals surface area contributed by atoms with E-state index in [0.717, 1.165) is 5.56 Å². The molecular formula is C32H24ClN3O6S. The van der Waals surface area contributed by atoms with Gasteiger partial charge in [-0.15, -0.1) is 0 Å². The molecule has 43 heavy (non-hydrogen) atoms. The van der Waals surface area contributed by atoms with Crippen molar-refractivity contribution >= 4 is 35.0 Å². The number of carbonyl (C=O) groups is 1. The van der Waals surface area contributed by atoms with Crippen molar-refractivity contribution in [1.82, 2.24) is 4.57 Å². The first kappa shape index (κ1) is 28.3. The highest BCUT2D eigenvalue weighted by molar-refractivity contribution is 7.07. The minimum Gasteiger partial charge on any atom is -0.488 e. The Bertz CT molecular complexity index is 2010. The molecule has 0 saturated heterocycles. The fourth-order valence-corrected chi connectivity index (χ4v) is 6.15. The average molecular weight is 614 g/mol. The van der Waals surface area contributed by atoms with Crippen molar-refractivity contribution in [1.29, 1.82) is 5.26 Å². The van der Waals surface area contributed by atoms with Crippen molar-refractivity contribution in [2.75, 3.05) is 13.4 Å². The van der Waals surface area contributed by atoms with Crippen LogP contribution in [0.2, 0.25) is 5.02 Å². The molecule has 0 spiro atoms. The van der Waals surface area contributed by atoms with Crippen molar-refractivity contribution < 1.29 is 23.7 Å². The van der Waals surface area contributed by atoms with Gasteiger partial charge in [0.15, 0.2) is 16.3 Å². The van der Waals surface area contributed by atoms with Crippen LogP contribution in [-0.2, 0) is 16.1 Å². The first-order valence-electron chi connectivity index (χ1n) is 13.4. The summed E-state index contributed by atoms with van der Waals surface area (Å²) < 4.78 is 24.4. The highest BCUT2D eigenvalue weighted by Crippen LogP contribution is 2.38. The molecule has 0 bridgehead atoms. The summed E-state index contributed by atoms with van der Waals surface area (Å²) in [5.41, 5.74) is 3.10. The molecule has 0 amide bonds. The second kappa shape index (κ2) is 11.8. The molecule has 3 heterocycles. The second-order valence-electron chi connectivity index (χ2n) is 9.69. The third kappa shape index (κ3) is 5.52. The van der Waals surface area contributed by atoms with Gasteiger partial charge in [-0.2, -0.15) is 5.26 Å². The lowest BCUT2D eigenvalue weighted by atomic mass is 9.95. The van der Waals surface area contributed by atoms with Crippen LogP contribution >= 0.6 is 22.9 Å². The fourth-order valence-electron chi connectivity index (χ4n) is 4.93. The van der Waals surface area contributed by atoms with Gasteiger partial charge in [0.05, 0.1) is 40.1 Å². The minimum atomic E-state index is -0.793. The molecule has 0 N–H and O–H groups in total. The number of carbonyl (C=O) groups excluding carboxylic acids is 1. The van der Waals surface area contributed by atoms with E-state index in [4.69, 9.17) is 35.8 Å². The first-order chi connectivity index (χ1) is 20.9. The monoisotopic (exact) mass is 613 g/mol. The summed E-state index contributed by atoms with van der Waals surface area (Å²) in [6.45, 7) is 3.98. The number of esters is 1. The zero-order valence-corrected chi connectivity index (χ0v) is 24.7. The maximum atomic E-state index is 14.1. The molecule has 2 aliphatic heterocycles. The van der Waals surface area contributed by atoms with Crippen molar-refractivity contribution in [2.24, 2.45) is 4.99 Å². The average Bonchev–Trinajstić information content (AvgIpc) is 3.60. The number of rotatable bonds is 7. The number of hydrogen-bond donors (Lipinski definition) is 0. The van der Waals surface area contributed by atoms with Gasteiger partial charge in [-0.3, -0.25) is 9.36 Å². The van der Waals surface area contributed by atoms with E-state index in [1.54, 1.807) is 68.5 Å². The molecule has 0 unspecified atom stereocenters. The van der Waals surface area contributed by atoms with E-state index in [-0.39, 0.29) is 31.1 Å². The number of benzene rings is 3. The van der Waals surface area contributed by atoms with Crippen LogP contribution in [0.25, 0.3) is 6.08 Å². The highest BCUT2D eigenvalue weighted by atomic mass is 35.5. The Balaban J connectivity index is 1.44. The third-order valence-electron chi connectivity index (χ3n) is 6.97. The van der Waals surface area contributed by atoms with E-state index < -0.39 is 12.0 Å². The van der Waals surface area contributed by atoms with Gasteiger partial charge in [0.25, 0.3) is 5.56 Å². The lowest BCUT2D eigenvalue weighted by Gasteiger charge is -2.24. The summed E-state index contributed by atoms with van der Waals surface area (Å²) in [6, 6.07) is 18.9. The molecule has 11 heteroatoms. The van der Waals surface area contributed by atoms with Crippen LogP contribution in [0.15, 0.2) is 81.7 Å². The number of thiazole rings is 1. The summed E-state index contributed by atoms with van der Waals surface area (Å²) in [4.78, 5) is 32.3. The van der Waals surface area contributed by atoms with Crippen molar-refractivity contribution in [3.05, 3.63) is 119 Å². The van der Waals surface area contributed by atoms with Gasteiger partial charge in [0.2, 0.25) is 6.79 Å². The van der Waals surface area contributed by atoms with E-state index in [2.05, 4.69) is 11.1 Å². The number of hydrogen-bond acceptors (Lipinski definition) is 9. The summed E-state index contributed by atoms with van der Waals surface area (Å²) in [5.74, 6) is 1.09. The van der Waals surface area contributed by atoms with Crippen LogP contribution in [0.3, 0.4) is 0 Å². The molecule has 2 aliphatic rings. The lowest BCUT2D eigenvalue weighted by molar-refractivity contribution is -0.139. The molecule has 1 atom stereocenters. The maximum Gasteiger partial charge on any atom is 0.338 e. The van der Waals surface area contributed by atoms with Gasteiger partial charge in [-0.05, 0) is 73.5 Å². The number of halogens is 1. The van der Waals surface area contributed by atoms with Crippen LogP contribution in [0.5, 0.6) is 17.2 Å². The Morgan fingerprint density at radius 3 is 2.72 bits per heavy atom. The zero-order valence-electron chi connectivity index (χ0n) is 23.1. The molecule has 6 rings (SSSR count). The molecule has 9 nitrogen and oxygen atoms in total. The third-order valence-corrected chi connectivity index (χ3v) is 8.18. The van der Waals surface area contributed by atoms with Crippen LogP contribution in [0.4, 0.5) is 0 Å². The van der Waals surface area contributed by atoms with E-state index in [1.165, 1.54) is 15.9 Å². The largest absolute Gasteiger partial charge is 0.488 e. The Morgan fingerprint density at radius 2 is 1.95 bits per heavy atom. The Kier molecular flexibility index (Phi) is 7.76. The van der Waals surface area contributed by atoms with Crippen molar-refractivity contribution in [3.63, 3.8) is 0 Å². The molecule has 0 aliphatic carbocycles. The molecule has 1 aromatic heterocycles. The lowest BCUT2D eigenvalue weighted by Crippen LogP contribution is -2.39. The first-order valence-corrected chi connectivity index (χ1v) is 14.6. The van der Waals surface area contributed by atoms with Gasteiger partial charge < -0.3 is 18.9 Å². The molecule has 4 aromatic rings. The SMILES string of the molecule is CCOC(=O)C1=C(C)N=c2s/c(=C/c3cc(Cl)ccc3OCc3ccc(C#N)cc3)c(=O)n2[C@H]1c1ccc2c(c1)OCO2. The predicted octanol–water partition coefficient (Wildman–Crippen LogP) is 4.63. The van der Waals surface area contributed by atoms with E-state index in [1.807, 2.05) is 12.1 Å². The quantitative estimate of drug-likeness (QED) is 0.279. The van der Waals surface area contributed by atoms with Gasteiger partial charge >= 0.3 is 5.97 Å². The van der Waals surface area contributed by atoms with Crippen LogP contribution < -0.4 is 29.1 Å². The second-order valence-corrected chi connectivity index (χ2v) is 11.1. The van der Waals surface area contributed by atoms with Gasteiger partial charge in [0, 0.05) is 10.6 Å². The van der Waals surface area contributed by atoms with E-state index >= 15 is 0 Å². The highest BCUT2D eigenvalue weighted by Gasteiger charge is 2.34. The summed E-state index contributed by atoms with van der Waals surface area (Å²) >= 11 is 7.54. The van der Waals surface area contributed by atoms with Crippen LogP contribution in [0.1, 0.15) is 42.1 Å². The smallest absolute Gasteiger partial charge is 0.338 e. The molecule has 0 radical (unpaired) electrons. The van der Waals surface area contributed by atoms with Gasteiger partial charge in [-0.25, -0.2) is 9.79 Å². The maximum absolute atomic E-state index is 14.1. The number of nitriles is 1. The Hall–Kier alpha value is -4.85. The van der Waals surface area contributed by atoms with Crippen molar-refractivity contribution in [2.45, 2.75) is 26.5 Å². The number of fused-ring (bicyclic) bond motifs is 2. The number of aromatic nitrogens is 1.